The number of benzene rings is 1. The van der Waals surface area contributed by atoms with Gasteiger partial charge in [-0.3, -0.25) is 15.5 Å². The average Bonchev–Trinajstić information content (AvgIpc) is 2.96. The summed E-state index contributed by atoms with van der Waals surface area (Å²) in [7, 11) is 1.61. The first-order valence-corrected chi connectivity index (χ1v) is 6.13. The Balaban J connectivity index is 1.80. The van der Waals surface area contributed by atoms with Crippen LogP contribution < -0.4 is 15.9 Å². The van der Waals surface area contributed by atoms with Gasteiger partial charge in [-0.1, -0.05) is 0 Å². The van der Waals surface area contributed by atoms with Crippen molar-refractivity contribution in [1.82, 2.24) is 20.2 Å². The molecule has 0 aliphatic rings. The Morgan fingerprint density at radius 2 is 2.14 bits per heavy atom. The molecule has 0 amide bonds. The maximum atomic E-state index is 11.4. The van der Waals surface area contributed by atoms with Gasteiger partial charge >= 0.3 is 5.69 Å². The number of hydrogen-bond donors (Lipinski definition) is 3. The van der Waals surface area contributed by atoms with Gasteiger partial charge < -0.3 is 4.74 Å². The lowest BCUT2D eigenvalue weighted by atomic mass is 10.2. The molecule has 0 saturated heterocycles. The number of hydrazone groups is 1. The van der Waals surface area contributed by atoms with Crippen LogP contribution in [0.25, 0.3) is 11.0 Å². The van der Waals surface area contributed by atoms with E-state index in [0.717, 1.165) is 11.3 Å². The molecule has 3 rings (SSSR count). The Kier molecular flexibility index (Phi) is 3.34. The number of methoxy groups -OCH3 is 1. The molecule has 1 aromatic carbocycles. The van der Waals surface area contributed by atoms with Gasteiger partial charge in [-0.15, -0.1) is 0 Å². The second-order valence-electron chi connectivity index (χ2n) is 4.19. The predicted octanol–water partition coefficient (Wildman–Crippen LogP) is 1.10. The molecule has 0 aliphatic heterocycles. The highest BCUT2D eigenvalue weighted by Gasteiger charge is 2.05. The van der Waals surface area contributed by atoms with E-state index in [1.807, 2.05) is 24.3 Å². The lowest BCUT2D eigenvalue weighted by molar-refractivity contribution is 0.415. The molecule has 0 atom stereocenters. The first-order valence-electron chi connectivity index (χ1n) is 6.13. The zero-order valence-electron chi connectivity index (χ0n) is 11.1. The fourth-order valence-corrected chi connectivity index (χ4v) is 1.80. The third kappa shape index (κ3) is 2.73. The molecular weight excluding hydrogens is 272 g/mol. The SMILES string of the molecule is COc1ccc(C=NNc2[nH]c(=O)nc3[nH]ncc23)cc1. The van der Waals surface area contributed by atoms with Crippen LogP contribution in [-0.2, 0) is 0 Å². The molecule has 0 aliphatic carbocycles. The highest BCUT2D eigenvalue weighted by molar-refractivity contribution is 5.86. The molecule has 0 radical (unpaired) electrons. The predicted molar refractivity (Wildman–Crippen MR) is 78.7 cm³/mol. The minimum absolute atomic E-state index is 0.404. The molecule has 0 bridgehead atoms. The highest BCUT2D eigenvalue weighted by Crippen LogP contribution is 2.14. The largest absolute Gasteiger partial charge is 0.497 e. The first kappa shape index (κ1) is 12.9. The van der Waals surface area contributed by atoms with Crippen LogP contribution in [0.5, 0.6) is 5.75 Å². The fourth-order valence-electron chi connectivity index (χ4n) is 1.80. The molecule has 0 unspecified atom stereocenters. The van der Waals surface area contributed by atoms with Gasteiger partial charge in [0.25, 0.3) is 0 Å². The van der Waals surface area contributed by atoms with Crippen molar-refractivity contribution in [1.29, 1.82) is 0 Å². The van der Waals surface area contributed by atoms with Gasteiger partial charge in [0.2, 0.25) is 0 Å². The van der Waals surface area contributed by atoms with Crippen molar-refractivity contribution in [3.63, 3.8) is 0 Å². The Labute approximate surface area is 118 Å². The summed E-state index contributed by atoms with van der Waals surface area (Å²) >= 11 is 0. The van der Waals surface area contributed by atoms with Crippen molar-refractivity contribution in [2.45, 2.75) is 0 Å². The monoisotopic (exact) mass is 284 g/mol. The van der Waals surface area contributed by atoms with E-state index in [9.17, 15) is 4.79 Å². The fraction of sp³-hybridized carbons (Fsp3) is 0.0769. The maximum Gasteiger partial charge on any atom is 0.348 e. The molecule has 0 fully saturated rings. The van der Waals surface area contributed by atoms with Crippen molar-refractivity contribution in [2.75, 3.05) is 12.5 Å². The van der Waals surface area contributed by atoms with Gasteiger partial charge in [0.05, 0.1) is 24.9 Å². The van der Waals surface area contributed by atoms with Gasteiger partial charge in [0.15, 0.2) is 5.65 Å². The number of anilines is 1. The number of nitrogens with one attached hydrogen (secondary N) is 3. The molecule has 8 nitrogen and oxygen atoms in total. The highest BCUT2D eigenvalue weighted by atomic mass is 16.5. The van der Waals surface area contributed by atoms with Crippen LogP contribution in [0.4, 0.5) is 5.82 Å². The summed E-state index contributed by atoms with van der Waals surface area (Å²) < 4.78 is 5.08. The summed E-state index contributed by atoms with van der Waals surface area (Å²) in [6.07, 6.45) is 3.19. The topological polar surface area (TPSA) is 108 Å². The molecular formula is C13H12N6O2. The van der Waals surface area contributed by atoms with Crippen LogP contribution in [0.2, 0.25) is 0 Å². The van der Waals surface area contributed by atoms with Gasteiger partial charge in [-0.2, -0.15) is 15.2 Å². The Hall–Kier alpha value is -3.16. The van der Waals surface area contributed by atoms with Crippen molar-refractivity contribution in [3.05, 3.63) is 46.5 Å². The average molecular weight is 284 g/mol. The third-order valence-electron chi connectivity index (χ3n) is 2.84. The van der Waals surface area contributed by atoms with Gasteiger partial charge in [-0.25, -0.2) is 4.79 Å². The Morgan fingerprint density at radius 3 is 2.90 bits per heavy atom. The smallest absolute Gasteiger partial charge is 0.348 e. The molecule has 3 aromatic rings. The summed E-state index contributed by atoms with van der Waals surface area (Å²) in [5.74, 6) is 1.21. The number of nitrogens with zero attached hydrogens (tertiary/aromatic N) is 3. The number of hydrogen-bond acceptors (Lipinski definition) is 6. The number of ether oxygens (including phenoxy) is 1. The number of rotatable bonds is 4. The van der Waals surface area contributed by atoms with E-state index < -0.39 is 5.69 Å². The van der Waals surface area contributed by atoms with Crippen LogP contribution in [0, 0.1) is 0 Å². The number of aromatic nitrogens is 4. The molecule has 106 valence electrons. The molecule has 0 spiro atoms. The van der Waals surface area contributed by atoms with Crippen molar-refractivity contribution < 1.29 is 4.74 Å². The van der Waals surface area contributed by atoms with E-state index >= 15 is 0 Å². The second kappa shape index (κ2) is 5.45. The second-order valence-corrected chi connectivity index (χ2v) is 4.19. The lowest BCUT2D eigenvalue weighted by Crippen LogP contribution is -2.12. The molecule has 21 heavy (non-hydrogen) atoms. The maximum absolute atomic E-state index is 11.4. The summed E-state index contributed by atoms with van der Waals surface area (Å²) in [5, 5.41) is 11.2. The zero-order valence-corrected chi connectivity index (χ0v) is 11.1. The molecule has 2 heterocycles. The standard InChI is InChI=1S/C13H12N6O2/c1-21-9-4-2-8(3-5-9)6-14-18-11-10-7-15-19-12(10)17-13(20)16-11/h2-7H,1H3,(H3,15,16,17,18,19,20). The van der Waals surface area contributed by atoms with E-state index in [1.165, 1.54) is 0 Å². The number of fused-ring (bicyclic) bond motifs is 1. The van der Waals surface area contributed by atoms with E-state index in [4.69, 9.17) is 4.74 Å². The lowest BCUT2D eigenvalue weighted by Gasteiger charge is -2.01. The minimum atomic E-state index is -0.478. The van der Waals surface area contributed by atoms with Gasteiger partial charge in [0.1, 0.15) is 11.6 Å². The number of H-pyrrole nitrogens is 2. The van der Waals surface area contributed by atoms with E-state index in [0.29, 0.717) is 16.9 Å². The van der Waals surface area contributed by atoms with Crippen LogP contribution >= 0.6 is 0 Å². The Bertz CT molecular complexity index is 834. The van der Waals surface area contributed by atoms with Crippen molar-refractivity contribution in [3.8, 4) is 5.75 Å². The zero-order chi connectivity index (χ0) is 14.7. The molecule has 3 N–H and O–H groups in total. The molecule has 0 saturated carbocycles. The van der Waals surface area contributed by atoms with Crippen LogP contribution in [0.15, 0.2) is 40.4 Å². The normalized spacial score (nSPS) is 11.1. The van der Waals surface area contributed by atoms with Crippen LogP contribution in [0.3, 0.4) is 0 Å². The number of aromatic amines is 2. The summed E-state index contributed by atoms with van der Waals surface area (Å²) in [5.41, 5.74) is 3.59. The quantitative estimate of drug-likeness (QED) is 0.491. The first-order chi connectivity index (χ1) is 10.3. The van der Waals surface area contributed by atoms with Gasteiger partial charge in [0, 0.05) is 0 Å². The minimum Gasteiger partial charge on any atom is -0.497 e. The van der Waals surface area contributed by atoms with E-state index in [1.54, 1.807) is 19.5 Å². The van der Waals surface area contributed by atoms with E-state index in [2.05, 4.69) is 30.7 Å². The summed E-state index contributed by atoms with van der Waals surface area (Å²) in [6.45, 7) is 0. The van der Waals surface area contributed by atoms with E-state index in [-0.39, 0.29) is 0 Å². The molecule has 8 heteroatoms. The van der Waals surface area contributed by atoms with Crippen LogP contribution in [0.1, 0.15) is 5.56 Å². The van der Waals surface area contributed by atoms with Crippen LogP contribution in [-0.4, -0.2) is 33.5 Å². The van der Waals surface area contributed by atoms with Crippen molar-refractivity contribution in [2.24, 2.45) is 5.10 Å². The van der Waals surface area contributed by atoms with Crippen molar-refractivity contribution >= 4 is 23.1 Å². The Morgan fingerprint density at radius 1 is 1.33 bits per heavy atom. The molecule has 2 aromatic heterocycles. The summed E-state index contributed by atoms with van der Waals surface area (Å²) in [6, 6.07) is 7.41. The third-order valence-corrected chi connectivity index (χ3v) is 2.84. The summed E-state index contributed by atoms with van der Waals surface area (Å²) in [4.78, 5) is 17.7. The van der Waals surface area contributed by atoms with Gasteiger partial charge in [-0.05, 0) is 29.8 Å².